The molecule has 0 heterocycles. The monoisotopic (exact) mass is 305 g/mol. The van der Waals surface area contributed by atoms with Gasteiger partial charge in [0.15, 0.2) is 0 Å². The molecule has 4 rings (SSSR count). The van der Waals surface area contributed by atoms with Crippen molar-refractivity contribution in [1.82, 2.24) is 0 Å². The first-order chi connectivity index (χ1) is 10.3. The topological polar surface area (TPSA) is 63.3 Å². The van der Waals surface area contributed by atoms with E-state index in [1.54, 1.807) is 0 Å². The van der Waals surface area contributed by atoms with Crippen LogP contribution in [-0.4, -0.2) is 16.6 Å². The molecular weight excluding hydrogens is 274 g/mol. The molecule has 4 saturated carbocycles. The van der Waals surface area contributed by atoms with E-state index in [4.69, 9.17) is 5.73 Å². The number of carbonyl (C=O) groups excluding carboxylic acids is 1. The molecule has 0 bridgehead atoms. The van der Waals surface area contributed by atoms with E-state index in [0.29, 0.717) is 23.0 Å². The highest BCUT2D eigenvalue weighted by Gasteiger charge is 2.60. The van der Waals surface area contributed by atoms with E-state index in [9.17, 15) is 9.90 Å². The highest BCUT2D eigenvalue weighted by Crippen LogP contribution is 2.65. The summed E-state index contributed by atoms with van der Waals surface area (Å²) in [6.07, 6.45) is 9.24. The van der Waals surface area contributed by atoms with Crippen LogP contribution in [0.4, 0.5) is 0 Å². The largest absolute Gasteiger partial charge is 0.376 e. The molecule has 4 fully saturated rings. The van der Waals surface area contributed by atoms with Gasteiger partial charge in [0.1, 0.15) is 11.5 Å². The van der Waals surface area contributed by atoms with Crippen LogP contribution in [0.2, 0.25) is 0 Å². The average molecular weight is 305 g/mol. The molecule has 3 heteroatoms. The molecule has 0 aliphatic heterocycles. The smallest absolute Gasteiger partial charge is 0.139 e. The minimum absolute atomic E-state index is 0.0202. The molecule has 3 nitrogen and oxygen atoms in total. The summed E-state index contributed by atoms with van der Waals surface area (Å²) < 4.78 is 0. The Morgan fingerprint density at radius 2 is 1.82 bits per heavy atom. The second-order valence-corrected chi connectivity index (χ2v) is 9.38. The van der Waals surface area contributed by atoms with Crippen molar-refractivity contribution in [2.75, 3.05) is 0 Å². The molecule has 7 atom stereocenters. The number of carbonyl (C=O) groups is 1. The van der Waals surface area contributed by atoms with Crippen LogP contribution in [0.25, 0.3) is 0 Å². The normalized spacial score (nSPS) is 57.9. The first-order valence-electron chi connectivity index (χ1n) is 9.31. The van der Waals surface area contributed by atoms with Crippen LogP contribution >= 0.6 is 0 Å². The summed E-state index contributed by atoms with van der Waals surface area (Å²) in [7, 11) is 0. The maximum absolute atomic E-state index is 12.4. The lowest BCUT2D eigenvalue weighted by molar-refractivity contribution is -0.152. The second kappa shape index (κ2) is 4.57. The number of ketones is 1. The van der Waals surface area contributed by atoms with Gasteiger partial charge in [-0.05, 0) is 80.5 Å². The van der Waals surface area contributed by atoms with E-state index in [0.717, 1.165) is 50.4 Å². The molecule has 124 valence electrons. The number of nitrogens with two attached hydrogens (primary N) is 1. The van der Waals surface area contributed by atoms with Crippen LogP contribution in [0.1, 0.15) is 71.6 Å². The van der Waals surface area contributed by atoms with Crippen molar-refractivity contribution in [3.05, 3.63) is 0 Å². The van der Waals surface area contributed by atoms with Crippen molar-refractivity contribution in [3.8, 4) is 0 Å². The maximum Gasteiger partial charge on any atom is 0.139 e. The number of rotatable bonds is 0. The Balaban J connectivity index is 1.63. The van der Waals surface area contributed by atoms with E-state index in [2.05, 4.69) is 13.8 Å². The summed E-state index contributed by atoms with van der Waals surface area (Å²) in [5.74, 6) is 3.19. The molecule has 0 saturated heterocycles. The average Bonchev–Trinajstić information content (AvgIpc) is 2.76. The van der Waals surface area contributed by atoms with Gasteiger partial charge < -0.3 is 10.8 Å². The first kappa shape index (κ1) is 15.1. The Hall–Kier alpha value is -0.410. The molecule has 22 heavy (non-hydrogen) atoms. The van der Waals surface area contributed by atoms with E-state index in [-0.39, 0.29) is 5.41 Å². The van der Waals surface area contributed by atoms with Gasteiger partial charge in [-0.2, -0.15) is 0 Å². The van der Waals surface area contributed by atoms with Crippen molar-refractivity contribution in [1.29, 1.82) is 0 Å². The summed E-state index contributed by atoms with van der Waals surface area (Å²) in [6.45, 7) is 4.71. The van der Waals surface area contributed by atoms with Crippen LogP contribution in [0, 0.1) is 34.5 Å². The SMILES string of the molecule is C[C@]12CCC(N)(O)CC1CC[C@@H]1[C@H]2CC[C@]2(C)C(=O)CC[C@@H]12. The summed E-state index contributed by atoms with van der Waals surface area (Å²) in [6, 6.07) is 0. The van der Waals surface area contributed by atoms with Crippen LogP contribution in [0.5, 0.6) is 0 Å². The van der Waals surface area contributed by atoms with Gasteiger partial charge in [-0.15, -0.1) is 0 Å². The van der Waals surface area contributed by atoms with Gasteiger partial charge in [0.05, 0.1) is 0 Å². The van der Waals surface area contributed by atoms with Crippen molar-refractivity contribution in [2.45, 2.75) is 77.4 Å². The lowest BCUT2D eigenvalue weighted by atomic mass is 9.45. The van der Waals surface area contributed by atoms with E-state index in [1.807, 2.05) is 0 Å². The second-order valence-electron chi connectivity index (χ2n) is 9.38. The van der Waals surface area contributed by atoms with Crippen molar-refractivity contribution < 1.29 is 9.90 Å². The molecule has 2 unspecified atom stereocenters. The van der Waals surface area contributed by atoms with Gasteiger partial charge in [-0.3, -0.25) is 4.79 Å². The van der Waals surface area contributed by atoms with Gasteiger partial charge >= 0.3 is 0 Å². The summed E-state index contributed by atoms with van der Waals surface area (Å²) in [4.78, 5) is 12.4. The molecule has 0 aromatic carbocycles. The van der Waals surface area contributed by atoms with Gasteiger partial charge in [-0.1, -0.05) is 13.8 Å². The predicted octanol–water partition coefficient (Wildman–Crippen LogP) is 3.25. The molecule has 0 spiro atoms. The van der Waals surface area contributed by atoms with E-state index >= 15 is 0 Å². The molecule has 0 aromatic rings. The number of hydrogen-bond donors (Lipinski definition) is 2. The number of fused-ring (bicyclic) bond motifs is 5. The van der Waals surface area contributed by atoms with Gasteiger partial charge in [0, 0.05) is 11.8 Å². The third-order valence-electron chi connectivity index (χ3n) is 8.47. The molecule has 4 aliphatic rings. The highest BCUT2D eigenvalue weighted by atomic mass is 16.3. The molecule has 3 N–H and O–H groups in total. The molecule has 0 radical (unpaired) electrons. The van der Waals surface area contributed by atoms with E-state index < -0.39 is 5.72 Å². The third kappa shape index (κ3) is 1.91. The lowest BCUT2D eigenvalue weighted by Gasteiger charge is -2.61. The zero-order valence-corrected chi connectivity index (χ0v) is 14.1. The Kier molecular flexibility index (Phi) is 3.14. The third-order valence-corrected chi connectivity index (χ3v) is 8.47. The van der Waals surface area contributed by atoms with Crippen molar-refractivity contribution >= 4 is 5.78 Å². The van der Waals surface area contributed by atoms with Gasteiger partial charge in [-0.25, -0.2) is 0 Å². The molecular formula is C19H31NO2. The molecule has 4 aliphatic carbocycles. The fourth-order valence-electron chi connectivity index (χ4n) is 7.05. The zero-order chi connectivity index (χ0) is 15.8. The number of aliphatic hydroxyl groups is 1. The van der Waals surface area contributed by atoms with Crippen LogP contribution in [-0.2, 0) is 4.79 Å². The highest BCUT2D eigenvalue weighted by molar-refractivity contribution is 5.87. The zero-order valence-electron chi connectivity index (χ0n) is 14.1. The summed E-state index contributed by atoms with van der Waals surface area (Å²) in [5, 5.41) is 10.3. The van der Waals surface area contributed by atoms with E-state index in [1.165, 1.54) is 19.3 Å². The van der Waals surface area contributed by atoms with Crippen molar-refractivity contribution in [3.63, 3.8) is 0 Å². The minimum atomic E-state index is -0.941. The fourth-order valence-corrected chi connectivity index (χ4v) is 7.05. The molecule has 0 aromatic heterocycles. The maximum atomic E-state index is 12.4. The summed E-state index contributed by atoms with van der Waals surface area (Å²) in [5.41, 5.74) is 5.42. The Bertz CT molecular complexity index is 502. The lowest BCUT2D eigenvalue weighted by Crippen LogP contribution is -2.57. The van der Waals surface area contributed by atoms with Crippen LogP contribution in [0.15, 0.2) is 0 Å². The number of hydrogen-bond acceptors (Lipinski definition) is 3. The Morgan fingerprint density at radius 1 is 1.05 bits per heavy atom. The first-order valence-corrected chi connectivity index (χ1v) is 9.31. The Labute approximate surface area is 134 Å². The van der Waals surface area contributed by atoms with Gasteiger partial charge in [0.25, 0.3) is 0 Å². The van der Waals surface area contributed by atoms with Crippen LogP contribution < -0.4 is 5.73 Å². The number of Topliss-reactive ketones (excluding diaryl/α,β-unsaturated/α-hetero) is 1. The van der Waals surface area contributed by atoms with Gasteiger partial charge in [0.2, 0.25) is 0 Å². The standard InChI is InChI=1S/C19H31NO2/c1-17-9-10-19(20,22)11-12(17)3-4-13-14-5-6-16(21)18(14,2)8-7-15(13)17/h12-15,22H,3-11,20H2,1-2H3/t12?,13-,14-,15+,17-,18-,19?/m0/s1. The predicted molar refractivity (Wildman–Crippen MR) is 85.9 cm³/mol. The Morgan fingerprint density at radius 3 is 2.59 bits per heavy atom. The quantitative estimate of drug-likeness (QED) is 0.675. The molecule has 0 amide bonds. The summed E-state index contributed by atoms with van der Waals surface area (Å²) >= 11 is 0. The minimum Gasteiger partial charge on any atom is -0.376 e. The van der Waals surface area contributed by atoms with Crippen molar-refractivity contribution in [2.24, 2.45) is 40.2 Å². The van der Waals surface area contributed by atoms with Crippen LogP contribution in [0.3, 0.4) is 0 Å². The fraction of sp³-hybridized carbons (Fsp3) is 0.947.